The molecule has 0 aliphatic rings. The molecule has 17 heavy (non-hydrogen) atoms. The first-order valence-electron chi connectivity index (χ1n) is 4.74. The van der Waals surface area contributed by atoms with Gasteiger partial charge in [0.15, 0.2) is 0 Å². The summed E-state index contributed by atoms with van der Waals surface area (Å²) in [6, 6.07) is 0.578. The molecule has 0 amide bonds. The number of hydrogen-bond donors (Lipinski definition) is 0. The number of rotatable bonds is 4. The standard InChI is InChI=1S/C10H9ClF3NO2/c1-2-17-8(16)4-7-6(12)3-5(10(13)14)9(11)15-7/h3,10H,2,4H2,1H3. The average molecular weight is 268 g/mol. The summed E-state index contributed by atoms with van der Waals surface area (Å²) in [6.45, 7) is 1.73. The van der Waals surface area contributed by atoms with Gasteiger partial charge >= 0.3 is 5.97 Å². The molecule has 0 bridgehead atoms. The lowest BCUT2D eigenvalue weighted by atomic mass is 10.2. The summed E-state index contributed by atoms with van der Waals surface area (Å²) in [7, 11) is 0. The highest BCUT2D eigenvalue weighted by atomic mass is 35.5. The first-order chi connectivity index (χ1) is 7.95. The predicted octanol–water partition coefficient (Wildman–Crippen LogP) is 2.92. The molecule has 0 atom stereocenters. The molecule has 1 aromatic rings. The Morgan fingerprint density at radius 3 is 2.76 bits per heavy atom. The SMILES string of the molecule is CCOC(=O)Cc1nc(Cl)c(C(F)F)cc1F. The lowest BCUT2D eigenvalue weighted by molar-refractivity contribution is -0.142. The second-order valence-corrected chi connectivity index (χ2v) is 3.44. The van der Waals surface area contributed by atoms with E-state index in [1.165, 1.54) is 0 Å². The topological polar surface area (TPSA) is 39.2 Å². The zero-order chi connectivity index (χ0) is 13.0. The smallest absolute Gasteiger partial charge is 0.311 e. The van der Waals surface area contributed by atoms with Crippen LogP contribution in [0.3, 0.4) is 0 Å². The molecular weight excluding hydrogens is 259 g/mol. The average Bonchev–Trinajstić information content (AvgIpc) is 2.22. The van der Waals surface area contributed by atoms with Crippen LogP contribution in [0.2, 0.25) is 5.15 Å². The van der Waals surface area contributed by atoms with Crippen LogP contribution in [0, 0.1) is 5.82 Å². The Hall–Kier alpha value is -1.30. The Kier molecular flexibility index (Phi) is 4.74. The molecule has 94 valence electrons. The van der Waals surface area contributed by atoms with Crippen molar-refractivity contribution < 1.29 is 22.7 Å². The van der Waals surface area contributed by atoms with Crippen LogP contribution in [-0.4, -0.2) is 17.6 Å². The largest absolute Gasteiger partial charge is 0.466 e. The number of alkyl halides is 2. The van der Waals surface area contributed by atoms with Gasteiger partial charge in [0, 0.05) is 0 Å². The number of carbonyl (C=O) groups excluding carboxylic acids is 1. The third-order valence-electron chi connectivity index (χ3n) is 1.88. The monoisotopic (exact) mass is 267 g/mol. The van der Waals surface area contributed by atoms with Crippen molar-refractivity contribution in [2.24, 2.45) is 0 Å². The first kappa shape index (κ1) is 13.8. The van der Waals surface area contributed by atoms with Crippen LogP contribution < -0.4 is 0 Å². The minimum absolute atomic E-state index is 0.142. The van der Waals surface area contributed by atoms with Crippen LogP contribution in [0.5, 0.6) is 0 Å². The minimum Gasteiger partial charge on any atom is -0.466 e. The molecule has 1 aromatic heterocycles. The van der Waals surface area contributed by atoms with Gasteiger partial charge in [-0.3, -0.25) is 4.79 Å². The summed E-state index contributed by atoms with van der Waals surface area (Å²) in [5.74, 6) is -1.70. The lowest BCUT2D eigenvalue weighted by Gasteiger charge is -2.07. The van der Waals surface area contributed by atoms with Crippen molar-refractivity contribution in [2.45, 2.75) is 19.8 Å². The second-order valence-electron chi connectivity index (χ2n) is 3.08. The fourth-order valence-electron chi connectivity index (χ4n) is 1.14. The molecule has 7 heteroatoms. The minimum atomic E-state index is -2.92. The number of nitrogens with zero attached hydrogens (tertiary/aromatic N) is 1. The van der Waals surface area contributed by atoms with E-state index < -0.39 is 35.3 Å². The molecule has 0 saturated heterocycles. The Morgan fingerprint density at radius 1 is 1.59 bits per heavy atom. The molecule has 1 heterocycles. The van der Waals surface area contributed by atoms with Crippen molar-refractivity contribution in [2.75, 3.05) is 6.61 Å². The Morgan fingerprint density at radius 2 is 2.24 bits per heavy atom. The number of aromatic nitrogens is 1. The number of halogens is 4. The van der Waals surface area contributed by atoms with E-state index in [-0.39, 0.29) is 12.3 Å². The maximum Gasteiger partial charge on any atom is 0.311 e. The lowest BCUT2D eigenvalue weighted by Crippen LogP contribution is -2.11. The Balaban J connectivity index is 2.95. The summed E-state index contributed by atoms with van der Waals surface area (Å²) in [5, 5.41) is -0.513. The van der Waals surface area contributed by atoms with Gasteiger partial charge in [-0.1, -0.05) is 11.6 Å². The van der Waals surface area contributed by atoms with E-state index in [4.69, 9.17) is 11.6 Å². The van der Waals surface area contributed by atoms with E-state index in [0.717, 1.165) is 0 Å². The van der Waals surface area contributed by atoms with Crippen LogP contribution in [0.25, 0.3) is 0 Å². The van der Waals surface area contributed by atoms with E-state index in [1.54, 1.807) is 6.92 Å². The molecule has 0 aliphatic heterocycles. The molecule has 0 aromatic carbocycles. The van der Waals surface area contributed by atoms with Crippen molar-refractivity contribution >= 4 is 17.6 Å². The van der Waals surface area contributed by atoms with Gasteiger partial charge in [-0.15, -0.1) is 0 Å². The zero-order valence-electron chi connectivity index (χ0n) is 8.84. The molecular formula is C10H9ClF3NO2. The summed E-state index contributed by atoms with van der Waals surface area (Å²) in [6.07, 6.45) is -3.36. The van der Waals surface area contributed by atoms with Gasteiger partial charge < -0.3 is 4.74 Å². The molecule has 0 spiro atoms. The molecule has 3 nitrogen and oxygen atoms in total. The van der Waals surface area contributed by atoms with Crippen LogP contribution in [0.4, 0.5) is 13.2 Å². The third-order valence-corrected chi connectivity index (χ3v) is 2.18. The summed E-state index contributed by atoms with van der Waals surface area (Å²) >= 11 is 5.45. The normalized spacial score (nSPS) is 10.7. The van der Waals surface area contributed by atoms with Gasteiger partial charge in [0.25, 0.3) is 6.43 Å². The van der Waals surface area contributed by atoms with Gasteiger partial charge in [-0.05, 0) is 13.0 Å². The predicted molar refractivity (Wildman–Crippen MR) is 54.5 cm³/mol. The highest BCUT2D eigenvalue weighted by Crippen LogP contribution is 2.27. The Labute approximate surface area is 101 Å². The van der Waals surface area contributed by atoms with Gasteiger partial charge in [-0.2, -0.15) is 0 Å². The van der Waals surface area contributed by atoms with Crippen molar-refractivity contribution in [3.8, 4) is 0 Å². The van der Waals surface area contributed by atoms with Crippen LogP contribution in [-0.2, 0) is 16.0 Å². The van der Waals surface area contributed by atoms with E-state index >= 15 is 0 Å². The Bertz CT molecular complexity index is 426. The van der Waals surface area contributed by atoms with E-state index in [2.05, 4.69) is 9.72 Å². The molecule has 1 rings (SSSR count). The van der Waals surface area contributed by atoms with Crippen molar-refractivity contribution in [1.82, 2.24) is 4.98 Å². The molecule has 0 aliphatic carbocycles. The molecule has 0 radical (unpaired) electrons. The number of ether oxygens (including phenoxy) is 1. The van der Waals surface area contributed by atoms with Crippen LogP contribution >= 0.6 is 11.6 Å². The van der Waals surface area contributed by atoms with Crippen LogP contribution in [0.15, 0.2) is 6.07 Å². The maximum absolute atomic E-state index is 13.3. The van der Waals surface area contributed by atoms with Gasteiger partial charge in [-0.25, -0.2) is 18.2 Å². The molecule has 0 fully saturated rings. The first-order valence-corrected chi connectivity index (χ1v) is 5.12. The van der Waals surface area contributed by atoms with E-state index in [9.17, 15) is 18.0 Å². The maximum atomic E-state index is 13.3. The molecule has 0 saturated carbocycles. The molecule has 0 N–H and O–H groups in total. The van der Waals surface area contributed by atoms with E-state index in [0.29, 0.717) is 6.07 Å². The number of carbonyl (C=O) groups is 1. The van der Waals surface area contributed by atoms with Crippen molar-refractivity contribution in [3.63, 3.8) is 0 Å². The van der Waals surface area contributed by atoms with Crippen LogP contribution in [0.1, 0.15) is 24.6 Å². The van der Waals surface area contributed by atoms with Crippen molar-refractivity contribution in [3.05, 3.63) is 28.3 Å². The molecule has 0 unspecified atom stereocenters. The third kappa shape index (κ3) is 3.59. The quantitative estimate of drug-likeness (QED) is 0.622. The highest BCUT2D eigenvalue weighted by Gasteiger charge is 2.19. The fourth-order valence-corrected chi connectivity index (χ4v) is 1.38. The highest BCUT2D eigenvalue weighted by molar-refractivity contribution is 6.30. The van der Waals surface area contributed by atoms with Gasteiger partial charge in [0.2, 0.25) is 0 Å². The van der Waals surface area contributed by atoms with Gasteiger partial charge in [0.05, 0.1) is 24.3 Å². The zero-order valence-corrected chi connectivity index (χ0v) is 9.60. The van der Waals surface area contributed by atoms with E-state index in [1.807, 2.05) is 0 Å². The summed E-state index contributed by atoms with van der Waals surface area (Å²) in [4.78, 5) is 14.5. The number of hydrogen-bond acceptors (Lipinski definition) is 3. The number of esters is 1. The summed E-state index contributed by atoms with van der Waals surface area (Å²) in [5.41, 5.74) is -1.00. The number of pyridine rings is 1. The second kappa shape index (κ2) is 5.86. The fraction of sp³-hybridized carbons (Fsp3) is 0.400. The summed E-state index contributed by atoms with van der Waals surface area (Å²) < 4.78 is 42.6. The van der Waals surface area contributed by atoms with Crippen molar-refractivity contribution in [1.29, 1.82) is 0 Å². The van der Waals surface area contributed by atoms with Gasteiger partial charge in [0.1, 0.15) is 11.0 Å².